The Hall–Kier alpha value is -3.09. The molecule has 1 aliphatic rings. The van der Waals surface area contributed by atoms with Gasteiger partial charge in [0.05, 0.1) is 5.69 Å². The Labute approximate surface area is 139 Å². The zero-order valence-corrected chi connectivity index (χ0v) is 13.3. The zero-order chi connectivity index (χ0) is 16.9. The summed E-state index contributed by atoms with van der Waals surface area (Å²) in [4.78, 5) is 23.5. The first-order chi connectivity index (χ1) is 11.6. The summed E-state index contributed by atoms with van der Waals surface area (Å²) in [5, 5.41) is 16.0. The number of carbonyl (C=O) groups is 2. The van der Waals surface area contributed by atoms with E-state index in [9.17, 15) is 9.59 Å². The third-order valence-corrected chi connectivity index (χ3v) is 3.66. The molecule has 2 aromatic rings. The Morgan fingerprint density at radius 3 is 2.58 bits per heavy atom. The van der Waals surface area contributed by atoms with Gasteiger partial charge in [-0.2, -0.15) is 10.2 Å². The van der Waals surface area contributed by atoms with Crippen LogP contribution in [-0.4, -0.2) is 39.8 Å². The number of hydrazone groups is 1. The standard InChI is InChI=1S/C17H17N5O2/c1-22-16(23)10-8-14(21-22)17(24)18-15-9-7-13(19-20-15)11-12-5-3-2-4-6-12/h2-7,9H,8,10-11H2,1H3,(H,18,20,24). The molecule has 0 saturated heterocycles. The summed E-state index contributed by atoms with van der Waals surface area (Å²) < 4.78 is 0. The number of hydrogen-bond acceptors (Lipinski definition) is 5. The quantitative estimate of drug-likeness (QED) is 0.926. The Morgan fingerprint density at radius 2 is 1.92 bits per heavy atom. The number of carbonyl (C=O) groups excluding carboxylic acids is 2. The molecular formula is C17H17N5O2. The molecule has 0 unspecified atom stereocenters. The maximum absolute atomic E-state index is 12.1. The van der Waals surface area contributed by atoms with Crippen molar-refractivity contribution >= 4 is 23.3 Å². The van der Waals surface area contributed by atoms with Crippen molar-refractivity contribution in [2.75, 3.05) is 12.4 Å². The van der Waals surface area contributed by atoms with Crippen molar-refractivity contribution in [1.29, 1.82) is 0 Å². The number of hydrogen-bond donors (Lipinski definition) is 1. The zero-order valence-electron chi connectivity index (χ0n) is 13.3. The topological polar surface area (TPSA) is 87.6 Å². The molecule has 1 aromatic heterocycles. The average Bonchev–Trinajstić information content (AvgIpc) is 2.60. The highest BCUT2D eigenvalue weighted by atomic mass is 16.2. The first-order valence-electron chi connectivity index (χ1n) is 7.64. The largest absolute Gasteiger partial charge is 0.304 e. The molecule has 3 rings (SSSR count). The van der Waals surface area contributed by atoms with E-state index in [0.717, 1.165) is 11.3 Å². The van der Waals surface area contributed by atoms with Crippen molar-refractivity contribution in [3.05, 3.63) is 53.7 Å². The van der Waals surface area contributed by atoms with Gasteiger partial charge in [-0.25, -0.2) is 5.01 Å². The third-order valence-electron chi connectivity index (χ3n) is 3.66. The van der Waals surface area contributed by atoms with E-state index in [2.05, 4.69) is 20.6 Å². The van der Waals surface area contributed by atoms with Crippen molar-refractivity contribution in [3.63, 3.8) is 0 Å². The van der Waals surface area contributed by atoms with Gasteiger partial charge in [0.15, 0.2) is 5.82 Å². The second kappa shape index (κ2) is 6.99. The SMILES string of the molecule is CN1N=C(C(=O)Nc2ccc(Cc3ccccc3)nn2)CCC1=O. The molecule has 1 aliphatic heterocycles. The van der Waals surface area contributed by atoms with Crippen LogP contribution in [0.1, 0.15) is 24.1 Å². The number of benzene rings is 1. The second-order valence-corrected chi connectivity index (χ2v) is 5.49. The molecule has 7 nitrogen and oxygen atoms in total. The molecular weight excluding hydrogens is 306 g/mol. The van der Waals surface area contributed by atoms with Crippen LogP contribution in [0.25, 0.3) is 0 Å². The highest BCUT2D eigenvalue weighted by Gasteiger charge is 2.22. The van der Waals surface area contributed by atoms with Crippen molar-refractivity contribution < 1.29 is 9.59 Å². The molecule has 0 spiro atoms. The summed E-state index contributed by atoms with van der Waals surface area (Å²) in [7, 11) is 1.53. The van der Waals surface area contributed by atoms with Gasteiger partial charge in [-0.05, 0) is 17.7 Å². The molecule has 0 fully saturated rings. The van der Waals surface area contributed by atoms with Crippen molar-refractivity contribution in [1.82, 2.24) is 15.2 Å². The van der Waals surface area contributed by atoms with Crippen LogP contribution in [0.3, 0.4) is 0 Å². The first kappa shape index (κ1) is 15.8. The molecule has 0 atom stereocenters. The van der Waals surface area contributed by atoms with E-state index < -0.39 is 0 Å². The third kappa shape index (κ3) is 3.81. The number of rotatable bonds is 4. The van der Waals surface area contributed by atoms with Gasteiger partial charge in [0, 0.05) is 26.3 Å². The minimum Gasteiger partial charge on any atom is -0.304 e. The van der Waals surface area contributed by atoms with Gasteiger partial charge in [0.1, 0.15) is 5.71 Å². The molecule has 0 bridgehead atoms. The van der Waals surface area contributed by atoms with Gasteiger partial charge in [-0.15, -0.1) is 5.10 Å². The van der Waals surface area contributed by atoms with E-state index >= 15 is 0 Å². The van der Waals surface area contributed by atoms with E-state index in [-0.39, 0.29) is 18.2 Å². The lowest BCUT2D eigenvalue weighted by molar-refractivity contribution is -0.130. The molecule has 2 heterocycles. The normalized spacial score (nSPS) is 14.3. The van der Waals surface area contributed by atoms with Crippen LogP contribution in [0, 0.1) is 0 Å². The summed E-state index contributed by atoms with van der Waals surface area (Å²) >= 11 is 0. The van der Waals surface area contributed by atoms with Gasteiger partial charge in [-0.1, -0.05) is 30.3 Å². The highest BCUT2D eigenvalue weighted by molar-refractivity contribution is 6.43. The fraction of sp³-hybridized carbons (Fsp3) is 0.235. The molecule has 2 amide bonds. The van der Waals surface area contributed by atoms with E-state index in [4.69, 9.17) is 0 Å². The van der Waals surface area contributed by atoms with Crippen LogP contribution in [0.15, 0.2) is 47.6 Å². The Morgan fingerprint density at radius 1 is 1.12 bits per heavy atom. The molecule has 1 N–H and O–H groups in total. The maximum Gasteiger partial charge on any atom is 0.273 e. The number of anilines is 1. The molecule has 0 radical (unpaired) electrons. The van der Waals surface area contributed by atoms with Crippen molar-refractivity contribution in [2.24, 2.45) is 5.10 Å². The lowest BCUT2D eigenvalue weighted by Crippen LogP contribution is -2.34. The maximum atomic E-state index is 12.1. The number of nitrogens with one attached hydrogen (secondary N) is 1. The smallest absolute Gasteiger partial charge is 0.273 e. The Bertz CT molecular complexity index is 771. The molecule has 1 aromatic carbocycles. The van der Waals surface area contributed by atoms with Crippen LogP contribution in [0.5, 0.6) is 0 Å². The first-order valence-corrected chi connectivity index (χ1v) is 7.64. The summed E-state index contributed by atoms with van der Waals surface area (Å²) in [5.41, 5.74) is 2.28. The van der Waals surface area contributed by atoms with Gasteiger partial charge in [0.2, 0.25) is 5.91 Å². The number of aromatic nitrogens is 2. The van der Waals surface area contributed by atoms with Crippen LogP contribution in [0.2, 0.25) is 0 Å². The molecule has 0 saturated carbocycles. The highest BCUT2D eigenvalue weighted by Crippen LogP contribution is 2.11. The van der Waals surface area contributed by atoms with Crippen molar-refractivity contribution in [3.8, 4) is 0 Å². The monoisotopic (exact) mass is 323 g/mol. The van der Waals surface area contributed by atoms with Gasteiger partial charge >= 0.3 is 0 Å². The van der Waals surface area contributed by atoms with E-state index in [1.807, 2.05) is 36.4 Å². The predicted octanol–water partition coefficient (Wildman–Crippen LogP) is 1.61. The Kier molecular flexibility index (Phi) is 4.60. The molecule has 0 aliphatic carbocycles. The van der Waals surface area contributed by atoms with E-state index in [1.54, 1.807) is 6.07 Å². The minimum absolute atomic E-state index is 0.100. The fourth-order valence-electron chi connectivity index (χ4n) is 2.35. The van der Waals surface area contributed by atoms with Gasteiger partial charge in [-0.3, -0.25) is 9.59 Å². The average molecular weight is 323 g/mol. The summed E-state index contributed by atoms with van der Waals surface area (Å²) in [5.74, 6) is -0.102. The summed E-state index contributed by atoms with van der Waals surface area (Å²) in [6.45, 7) is 0. The molecule has 7 heteroatoms. The second-order valence-electron chi connectivity index (χ2n) is 5.49. The number of nitrogens with zero attached hydrogens (tertiary/aromatic N) is 4. The van der Waals surface area contributed by atoms with E-state index in [1.165, 1.54) is 12.1 Å². The summed E-state index contributed by atoms with van der Waals surface area (Å²) in [6, 6.07) is 13.5. The number of amides is 2. The molecule has 122 valence electrons. The van der Waals surface area contributed by atoms with Gasteiger partial charge in [0.25, 0.3) is 5.91 Å². The minimum atomic E-state index is -0.362. The van der Waals surface area contributed by atoms with Crippen LogP contribution in [-0.2, 0) is 16.0 Å². The summed E-state index contributed by atoms with van der Waals surface area (Å²) in [6.07, 6.45) is 1.29. The van der Waals surface area contributed by atoms with Gasteiger partial charge < -0.3 is 5.32 Å². The van der Waals surface area contributed by atoms with Crippen LogP contribution in [0.4, 0.5) is 5.82 Å². The van der Waals surface area contributed by atoms with Crippen molar-refractivity contribution in [2.45, 2.75) is 19.3 Å². The van der Waals surface area contributed by atoms with Crippen LogP contribution < -0.4 is 5.32 Å². The Balaban J connectivity index is 1.63. The fourth-order valence-corrected chi connectivity index (χ4v) is 2.35. The lowest BCUT2D eigenvalue weighted by Gasteiger charge is -2.18. The molecule has 24 heavy (non-hydrogen) atoms. The predicted molar refractivity (Wildman–Crippen MR) is 89.3 cm³/mol. The lowest BCUT2D eigenvalue weighted by atomic mass is 10.1. The van der Waals surface area contributed by atoms with Crippen LogP contribution >= 0.6 is 0 Å². The van der Waals surface area contributed by atoms with E-state index in [0.29, 0.717) is 24.4 Å².